The van der Waals surface area contributed by atoms with Crippen LogP contribution in [0, 0.1) is 6.92 Å². The SMILES string of the molecule is Cc1ccc(CNS(=O)(=O)c2c[nH]c(CN)c2)o1. The molecule has 0 radical (unpaired) electrons. The van der Waals surface area contributed by atoms with Crippen LogP contribution in [-0.4, -0.2) is 13.4 Å². The van der Waals surface area contributed by atoms with E-state index >= 15 is 0 Å². The van der Waals surface area contributed by atoms with Gasteiger partial charge in [-0.1, -0.05) is 0 Å². The largest absolute Gasteiger partial charge is 0.465 e. The molecular weight excluding hydrogens is 254 g/mol. The lowest BCUT2D eigenvalue weighted by Gasteiger charge is -2.02. The number of rotatable bonds is 5. The average Bonchev–Trinajstić information content (AvgIpc) is 2.95. The van der Waals surface area contributed by atoms with Gasteiger partial charge < -0.3 is 15.1 Å². The van der Waals surface area contributed by atoms with E-state index in [-0.39, 0.29) is 18.0 Å². The van der Waals surface area contributed by atoms with Crippen molar-refractivity contribution in [1.29, 1.82) is 0 Å². The van der Waals surface area contributed by atoms with E-state index in [0.29, 0.717) is 11.5 Å². The summed E-state index contributed by atoms with van der Waals surface area (Å²) in [6, 6.07) is 5.03. The Morgan fingerprint density at radius 1 is 1.44 bits per heavy atom. The molecule has 2 heterocycles. The van der Waals surface area contributed by atoms with E-state index in [1.807, 2.05) is 0 Å². The molecule has 2 aromatic rings. The molecule has 0 aliphatic carbocycles. The molecule has 0 saturated heterocycles. The monoisotopic (exact) mass is 269 g/mol. The van der Waals surface area contributed by atoms with Gasteiger partial charge in [0.2, 0.25) is 10.0 Å². The topological polar surface area (TPSA) is 101 Å². The zero-order valence-corrected chi connectivity index (χ0v) is 10.8. The maximum absolute atomic E-state index is 11.9. The van der Waals surface area contributed by atoms with Crippen LogP contribution in [-0.2, 0) is 23.1 Å². The van der Waals surface area contributed by atoms with Gasteiger partial charge in [-0.05, 0) is 25.1 Å². The Morgan fingerprint density at radius 3 is 2.78 bits per heavy atom. The molecule has 0 saturated carbocycles. The first-order valence-corrected chi connectivity index (χ1v) is 6.92. The van der Waals surface area contributed by atoms with Crippen molar-refractivity contribution in [1.82, 2.24) is 9.71 Å². The lowest BCUT2D eigenvalue weighted by atomic mass is 10.4. The predicted molar refractivity (Wildman–Crippen MR) is 66.2 cm³/mol. The molecule has 0 aliphatic rings. The highest BCUT2D eigenvalue weighted by molar-refractivity contribution is 7.89. The smallest absolute Gasteiger partial charge is 0.242 e. The Labute approximate surface area is 105 Å². The molecule has 6 nitrogen and oxygen atoms in total. The van der Waals surface area contributed by atoms with E-state index < -0.39 is 10.0 Å². The number of hydrogen-bond acceptors (Lipinski definition) is 4. The first-order chi connectivity index (χ1) is 8.51. The summed E-state index contributed by atoms with van der Waals surface area (Å²) in [5, 5.41) is 0. The molecule has 0 atom stereocenters. The summed E-state index contributed by atoms with van der Waals surface area (Å²) in [4.78, 5) is 2.97. The van der Waals surface area contributed by atoms with E-state index in [0.717, 1.165) is 5.76 Å². The van der Waals surface area contributed by atoms with Crippen LogP contribution in [0.4, 0.5) is 0 Å². The predicted octanol–water partition coefficient (Wildman–Crippen LogP) is 0.853. The third-order valence-electron chi connectivity index (χ3n) is 2.48. The van der Waals surface area contributed by atoms with Gasteiger partial charge >= 0.3 is 0 Å². The van der Waals surface area contributed by atoms with Gasteiger partial charge in [-0.3, -0.25) is 0 Å². The molecule has 0 aliphatic heterocycles. The van der Waals surface area contributed by atoms with Crippen molar-refractivity contribution in [3.05, 3.63) is 41.6 Å². The van der Waals surface area contributed by atoms with Crippen LogP contribution >= 0.6 is 0 Å². The molecule has 2 rings (SSSR count). The number of nitrogens with one attached hydrogen (secondary N) is 2. The normalized spacial score (nSPS) is 11.9. The van der Waals surface area contributed by atoms with E-state index in [4.69, 9.17) is 10.2 Å². The molecule has 0 aromatic carbocycles. The summed E-state index contributed by atoms with van der Waals surface area (Å²) in [6.07, 6.45) is 1.41. The van der Waals surface area contributed by atoms with Crippen LogP contribution in [0.25, 0.3) is 0 Å². The molecule has 7 heteroatoms. The summed E-state index contributed by atoms with van der Waals surface area (Å²) >= 11 is 0. The summed E-state index contributed by atoms with van der Waals surface area (Å²) in [6.45, 7) is 2.20. The summed E-state index contributed by atoms with van der Waals surface area (Å²) in [7, 11) is -3.54. The number of nitrogens with two attached hydrogens (primary N) is 1. The summed E-state index contributed by atoms with van der Waals surface area (Å²) < 4.78 is 31.6. The van der Waals surface area contributed by atoms with Crippen molar-refractivity contribution in [3.8, 4) is 0 Å². The van der Waals surface area contributed by atoms with Crippen molar-refractivity contribution in [2.75, 3.05) is 0 Å². The molecule has 0 bridgehead atoms. The molecule has 0 spiro atoms. The summed E-state index contributed by atoms with van der Waals surface area (Å²) in [5.41, 5.74) is 6.08. The zero-order valence-electron chi connectivity index (χ0n) is 9.93. The highest BCUT2D eigenvalue weighted by atomic mass is 32.2. The average molecular weight is 269 g/mol. The summed E-state index contributed by atoms with van der Waals surface area (Å²) in [5.74, 6) is 1.32. The standard InChI is InChI=1S/C11H15N3O3S/c1-8-2-3-10(17-8)6-14-18(15,16)11-4-9(5-12)13-7-11/h2-4,7,13-14H,5-6,12H2,1H3. The van der Waals surface area contributed by atoms with Crippen LogP contribution in [0.15, 0.2) is 33.7 Å². The quantitative estimate of drug-likeness (QED) is 0.749. The molecule has 98 valence electrons. The third-order valence-corrected chi connectivity index (χ3v) is 3.86. The van der Waals surface area contributed by atoms with Crippen molar-refractivity contribution in [2.24, 2.45) is 5.73 Å². The van der Waals surface area contributed by atoms with Gasteiger partial charge in [0, 0.05) is 18.4 Å². The van der Waals surface area contributed by atoms with Gasteiger partial charge in [0.05, 0.1) is 11.4 Å². The molecular formula is C11H15N3O3S. The molecule has 0 unspecified atom stereocenters. The fourth-order valence-electron chi connectivity index (χ4n) is 1.52. The lowest BCUT2D eigenvalue weighted by molar-refractivity contribution is 0.475. The second-order valence-electron chi connectivity index (χ2n) is 3.90. The van der Waals surface area contributed by atoms with Gasteiger partial charge in [0.1, 0.15) is 11.5 Å². The van der Waals surface area contributed by atoms with Crippen LogP contribution in [0.3, 0.4) is 0 Å². The van der Waals surface area contributed by atoms with E-state index in [1.165, 1.54) is 12.3 Å². The zero-order chi connectivity index (χ0) is 13.2. The van der Waals surface area contributed by atoms with Gasteiger partial charge in [0.15, 0.2) is 0 Å². The number of H-pyrrole nitrogens is 1. The number of furan rings is 1. The molecule has 0 fully saturated rings. The Bertz CT molecular complexity index is 628. The van der Waals surface area contributed by atoms with Gasteiger partial charge in [-0.25, -0.2) is 13.1 Å². The van der Waals surface area contributed by atoms with Crippen LogP contribution in [0.1, 0.15) is 17.2 Å². The molecule has 2 aromatic heterocycles. The number of aromatic nitrogens is 1. The van der Waals surface area contributed by atoms with Crippen molar-refractivity contribution >= 4 is 10.0 Å². The van der Waals surface area contributed by atoms with E-state index in [9.17, 15) is 8.42 Å². The Morgan fingerprint density at radius 2 is 2.22 bits per heavy atom. The first-order valence-electron chi connectivity index (χ1n) is 5.43. The van der Waals surface area contributed by atoms with Crippen molar-refractivity contribution < 1.29 is 12.8 Å². The van der Waals surface area contributed by atoms with Crippen molar-refractivity contribution in [3.63, 3.8) is 0 Å². The van der Waals surface area contributed by atoms with Gasteiger partial charge in [0.25, 0.3) is 0 Å². The Balaban J connectivity index is 2.07. The van der Waals surface area contributed by atoms with E-state index in [1.54, 1.807) is 19.1 Å². The highest BCUT2D eigenvalue weighted by Gasteiger charge is 2.16. The maximum Gasteiger partial charge on any atom is 0.242 e. The number of aryl methyl sites for hydroxylation is 1. The second kappa shape index (κ2) is 4.97. The minimum atomic E-state index is -3.54. The number of aromatic amines is 1. The lowest BCUT2D eigenvalue weighted by Crippen LogP contribution is -2.22. The Kier molecular flexibility index (Phi) is 3.55. The fraction of sp³-hybridized carbons (Fsp3) is 0.273. The molecule has 18 heavy (non-hydrogen) atoms. The third kappa shape index (κ3) is 2.81. The first kappa shape index (κ1) is 12.9. The Hall–Kier alpha value is -1.57. The minimum absolute atomic E-state index is 0.124. The molecule has 0 amide bonds. The fourth-order valence-corrected chi connectivity index (χ4v) is 2.53. The van der Waals surface area contributed by atoms with Crippen LogP contribution in [0.5, 0.6) is 0 Å². The second-order valence-corrected chi connectivity index (χ2v) is 5.67. The van der Waals surface area contributed by atoms with Gasteiger partial charge in [-0.2, -0.15) is 0 Å². The van der Waals surface area contributed by atoms with Gasteiger partial charge in [-0.15, -0.1) is 0 Å². The van der Waals surface area contributed by atoms with Crippen LogP contribution in [0.2, 0.25) is 0 Å². The maximum atomic E-state index is 11.9. The van der Waals surface area contributed by atoms with E-state index in [2.05, 4.69) is 9.71 Å². The number of sulfonamides is 1. The molecule has 4 N–H and O–H groups in total. The van der Waals surface area contributed by atoms with Crippen molar-refractivity contribution in [2.45, 2.75) is 24.9 Å². The number of hydrogen-bond donors (Lipinski definition) is 3. The van der Waals surface area contributed by atoms with Crippen LogP contribution < -0.4 is 10.5 Å². The minimum Gasteiger partial charge on any atom is -0.465 e. The highest BCUT2D eigenvalue weighted by Crippen LogP contribution is 2.12.